The molecule has 2 aromatic carbocycles. The van der Waals surface area contributed by atoms with E-state index >= 15 is 0 Å². The molecule has 1 heterocycles. The van der Waals surface area contributed by atoms with Gasteiger partial charge in [-0.25, -0.2) is 4.79 Å². The molecule has 0 unspecified atom stereocenters. The van der Waals surface area contributed by atoms with Gasteiger partial charge in [0.25, 0.3) is 0 Å². The number of nitrogens with zero attached hydrogens (tertiary/aromatic N) is 1. The number of anilines is 1. The van der Waals surface area contributed by atoms with E-state index in [0.717, 1.165) is 25.1 Å². The number of carbonyl (C=O) groups is 1. The van der Waals surface area contributed by atoms with Crippen LogP contribution in [0, 0.1) is 6.92 Å². The van der Waals surface area contributed by atoms with Crippen molar-refractivity contribution in [2.75, 3.05) is 18.4 Å². The van der Waals surface area contributed by atoms with Crippen LogP contribution in [-0.4, -0.2) is 30.1 Å². The Labute approximate surface area is 143 Å². The first-order chi connectivity index (χ1) is 11.7. The molecule has 0 aliphatic carbocycles. The number of amides is 2. The first-order valence-electron chi connectivity index (χ1n) is 8.49. The highest BCUT2D eigenvalue weighted by Crippen LogP contribution is 2.17. The van der Waals surface area contributed by atoms with Crippen LogP contribution < -0.4 is 5.32 Å². The number of aryl methyl sites for hydroxylation is 1. The number of hydrogen-bond acceptors (Lipinski definition) is 2. The predicted molar refractivity (Wildman–Crippen MR) is 96.0 cm³/mol. The first kappa shape index (κ1) is 16.5. The second-order valence-corrected chi connectivity index (χ2v) is 6.30. The van der Waals surface area contributed by atoms with E-state index < -0.39 is 0 Å². The van der Waals surface area contributed by atoms with Gasteiger partial charge in [-0.2, -0.15) is 0 Å². The summed E-state index contributed by atoms with van der Waals surface area (Å²) in [5.41, 5.74) is 3.25. The van der Waals surface area contributed by atoms with Crippen molar-refractivity contribution in [3.63, 3.8) is 0 Å². The van der Waals surface area contributed by atoms with Crippen LogP contribution in [0.4, 0.5) is 10.5 Å². The van der Waals surface area contributed by atoms with Gasteiger partial charge in [0.05, 0.1) is 12.7 Å². The fourth-order valence-electron chi connectivity index (χ4n) is 2.88. The average molecular weight is 324 g/mol. The zero-order valence-corrected chi connectivity index (χ0v) is 14.1. The second-order valence-electron chi connectivity index (χ2n) is 6.30. The van der Waals surface area contributed by atoms with E-state index in [1.807, 2.05) is 35.2 Å². The molecule has 2 aromatic rings. The lowest BCUT2D eigenvalue weighted by Crippen LogP contribution is -2.45. The Bertz CT molecular complexity index is 655. The molecule has 0 saturated carbocycles. The van der Waals surface area contributed by atoms with Crippen LogP contribution >= 0.6 is 0 Å². The molecule has 1 aliphatic rings. The molecule has 3 rings (SSSR count). The number of benzene rings is 2. The highest BCUT2D eigenvalue weighted by molar-refractivity contribution is 5.89. The summed E-state index contributed by atoms with van der Waals surface area (Å²) >= 11 is 0. The Kier molecular flexibility index (Phi) is 5.49. The standard InChI is InChI=1S/C20H24N2O2/c1-16-9-11-17(12-10-16)15-24-19-8-5-13-22(14-19)20(23)21-18-6-3-2-4-7-18/h2-4,6-7,9-12,19H,5,8,13-15H2,1H3,(H,21,23)/t19-/m0/s1. The Morgan fingerprint density at radius 1 is 1.17 bits per heavy atom. The van der Waals surface area contributed by atoms with E-state index in [0.29, 0.717) is 13.2 Å². The lowest BCUT2D eigenvalue weighted by molar-refractivity contribution is 0.00101. The predicted octanol–water partition coefficient (Wildman–Crippen LogP) is 4.21. The molecular weight excluding hydrogens is 300 g/mol. The SMILES string of the molecule is Cc1ccc(CO[C@H]2CCCN(C(=O)Nc3ccccc3)C2)cc1. The van der Waals surface area contributed by atoms with Gasteiger partial charge >= 0.3 is 6.03 Å². The fourth-order valence-corrected chi connectivity index (χ4v) is 2.88. The van der Waals surface area contributed by atoms with Gasteiger partial charge in [-0.15, -0.1) is 0 Å². The summed E-state index contributed by atoms with van der Waals surface area (Å²) in [5.74, 6) is 0. The molecule has 1 aliphatic heterocycles. The molecule has 24 heavy (non-hydrogen) atoms. The third-order valence-corrected chi connectivity index (χ3v) is 4.30. The number of ether oxygens (including phenoxy) is 1. The van der Waals surface area contributed by atoms with Gasteiger partial charge in [-0.3, -0.25) is 0 Å². The third kappa shape index (κ3) is 4.59. The van der Waals surface area contributed by atoms with Crippen molar-refractivity contribution in [3.05, 3.63) is 65.7 Å². The van der Waals surface area contributed by atoms with Crippen LogP contribution in [0.2, 0.25) is 0 Å². The molecule has 2 amide bonds. The lowest BCUT2D eigenvalue weighted by atomic mass is 10.1. The van der Waals surface area contributed by atoms with E-state index in [2.05, 4.69) is 36.5 Å². The number of hydrogen-bond donors (Lipinski definition) is 1. The molecule has 126 valence electrons. The van der Waals surface area contributed by atoms with Gasteiger partial charge < -0.3 is 15.0 Å². The van der Waals surface area contributed by atoms with Crippen LogP contribution in [0.25, 0.3) is 0 Å². The molecule has 1 atom stereocenters. The lowest BCUT2D eigenvalue weighted by Gasteiger charge is -2.32. The number of para-hydroxylation sites is 1. The molecule has 0 spiro atoms. The van der Waals surface area contributed by atoms with Crippen molar-refractivity contribution < 1.29 is 9.53 Å². The van der Waals surface area contributed by atoms with Gasteiger partial charge in [-0.05, 0) is 37.5 Å². The maximum atomic E-state index is 12.4. The Hall–Kier alpha value is -2.33. The number of urea groups is 1. The third-order valence-electron chi connectivity index (χ3n) is 4.30. The van der Waals surface area contributed by atoms with E-state index in [1.165, 1.54) is 11.1 Å². The van der Waals surface area contributed by atoms with E-state index in [-0.39, 0.29) is 12.1 Å². The zero-order valence-electron chi connectivity index (χ0n) is 14.1. The van der Waals surface area contributed by atoms with Crippen molar-refractivity contribution in [1.29, 1.82) is 0 Å². The van der Waals surface area contributed by atoms with Crippen LogP contribution in [0.1, 0.15) is 24.0 Å². The van der Waals surface area contributed by atoms with Crippen LogP contribution in [0.5, 0.6) is 0 Å². The normalized spacial score (nSPS) is 17.5. The number of rotatable bonds is 4. The van der Waals surface area contributed by atoms with E-state index in [9.17, 15) is 4.79 Å². The van der Waals surface area contributed by atoms with Crippen molar-refractivity contribution in [1.82, 2.24) is 4.90 Å². The topological polar surface area (TPSA) is 41.6 Å². The maximum absolute atomic E-state index is 12.4. The smallest absolute Gasteiger partial charge is 0.321 e. The van der Waals surface area contributed by atoms with Crippen LogP contribution in [-0.2, 0) is 11.3 Å². The monoisotopic (exact) mass is 324 g/mol. The van der Waals surface area contributed by atoms with Crippen molar-refractivity contribution in [2.45, 2.75) is 32.5 Å². The molecule has 1 N–H and O–H groups in total. The van der Waals surface area contributed by atoms with E-state index in [1.54, 1.807) is 0 Å². The minimum absolute atomic E-state index is 0.0511. The maximum Gasteiger partial charge on any atom is 0.321 e. The van der Waals surface area contributed by atoms with Crippen molar-refractivity contribution in [3.8, 4) is 0 Å². The molecule has 0 radical (unpaired) electrons. The number of nitrogens with one attached hydrogen (secondary N) is 1. The Morgan fingerprint density at radius 2 is 1.92 bits per heavy atom. The zero-order chi connectivity index (χ0) is 16.8. The fraction of sp³-hybridized carbons (Fsp3) is 0.350. The Balaban J connectivity index is 1.50. The van der Waals surface area contributed by atoms with Gasteiger partial charge in [0, 0.05) is 18.8 Å². The van der Waals surface area contributed by atoms with Crippen LogP contribution in [0.3, 0.4) is 0 Å². The number of piperidine rings is 1. The molecule has 0 aromatic heterocycles. The summed E-state index contributed by atoms with van der Waals surface area (Å²) in [4.78, 5) is 14.2. The van der Waals surface area contributed by atoms with Gasteiger partial charge in [-0.1, -0.05) is 48.0 Å². The quantitative estimate of drug-likeness (QED) is 0.915. The highest BCUT2D eigenvalue weighted by atomic mass is 16.5. The summed E-state index contributed by atoms with van der Waals surface area (Å²) in [7, 11) is 0. The number of carbonyl (C=O) groups excluding carboxylic acids is 1. The van der Waals surface area contributed by atoms with Crippen LogP contribution in [0.15, 0.2) is 54.6 Å². The largest absolute Gasteiger partial charge is 0.372 e. The molecule has 0 bridgehead atoms. The average Bonchev–Trinajstić information content (AvgIpc) is 2.62. The molecule has 1 fully saturated rings. The highest BCUT2D eigenvalue weighted by Gasteiger charge is 2.24. The van der Waals surface area contributed by atoms with Gasteiger partial charge in [0.1, 0.15) is 0 Å². The molecular formula is C20H24N2O2. The second kappa shape index (κ2) is 7.97. The Morgan fingerprint density at radius 3 is 2.67 bits per heavy atom. The minimum Gasteiger partial charge on any atom is -0.372 e. The van der Waals surface area contributed by atoms with Crippen molar-refractivity contribution in [2.24, 2.45) is 0 Å². The first-order valence-corrected chi connectivity index (χ1v) is 8.49. The van der Waals surface area contributed by atoms with Gasteiger partial charge in [0.15, 0.2) is 0 Å². The minimum atomic E-state index is -0.0511. The summed E-state index contributed by atoms with van der Waals surface area (Å²) < 4.78 is 6.02. The summed E-state index contributed by atoms with van der Waals surface area (Å²) in [5, 5.41) is 2.94. The van der Waals surface area contributed by atoms with Gasteiger partial charge in [0.2, 0.25) is 0 Å². The van der Waals surface area contributed by atoms with E-state index in [4.69, 9.17) is 4.74 Å². The molecule has 4 nitrogen and oxygen atoms in total. The van der Waals surface area contributed by atoms with Crippen molar-refractivity contribution >= 4 is 11.7 Å². The summed E-state index contributed by atoms with van der Waals surface area (Å²) in [6.07, 6.45) is 2.07. The summed E-state index contributed by atoms with van der Waals surface area (Å²) in [6, 6.07) is 17.9. The number of likely N-dealkylation sites (tertiary alicyclic amines) is 1. The summed E-state index contributed by atoms with van der Waals surface area (Å²) in [6.45, 7) is 4.10. The molecule has 4 heteroatoms. The molecule has 1 saturated heterocycles.